The van der Waals surface area contributed by atoms with Gasteiger partial charge in [-0.25, -0.2) is 0 Å². The first-order chi connectivity index (χ1) is 18.5. The molecule has 0 unspecified atom stereocenters. The Hall–Kier alpha value is -4.59. The molecule has 5 aromatic carbocycles. The number of aromatic nitrogens is 2. The van der Waals surface area contributed by atoms with Gasteiger partial charge in [-0.3, -0.25) is 0 Å². The first-order valence-electron chi connectivity index (χ1n) is 13.0. The molecule has 7 rings (SSSR count). The Morgan fingerprint density at radius 3 is 1.13 bits per heavy atom. The average molecular weight is 506 g/mol. The SMILES string of the molecule is C[Si](C)(C)c1cc(-n2c3ccccc3c3ccccc32)c(C#N)c(-n2c3ccccc3c3ccccc32)c1. The molecule has 0 atom stereocenters. The number of benzene rings is 5. The van der Waals surface area contributed by atoms with Gasteiger partial charge in [0.2, 0.25) is 0 Å². The van der Waals surface area contributed by atoms with Crippen molar-refractivity contribution in [2.45, 2.75) is 19.6 Å². The van der Waals surface area contributed by atoms with Gasteiger partial charge in [0.05, 0.1) is 41.5 Å². The van der Waals surface area contributed by atoms with Gasteiger partial charge >= 0.3 is 0 Å². The van der Waals surface area contributed by atoms with E-state index in [1.54, 1.807) is 0 Å². The van der Waals surface area contributed by atoms with Crippen molar-refractivity contribution in [3.05, 3.63) is 115 Å². The Balaban J connectivity index is 1.69. The molecule has 7 aromatic rings. The van der Waals surface area contributed by atoms with Gasteiger partial charge in [-0.1, -0.05) is 97.6 Å². The van der Waals surface area contributed by atoms with Crippen molar-refractivity contribution in [1.82, 2.24) is 9.13 Å². The van der Waals surface area contributed by atoms with E-state index >= 15 is 0 Å². The van der Waals surface area contributed by atoms with E-state index in [0.29, 0.717) is 5.56 Å². The molecule has 3 nitrogen and oxygen atoms in total. The molecule has 0 amide bonds. The van der Waals surface area contributed by atoms with Gasteiger partial charge in [0.25, 0.3) is 0 Å². The van der Waals surface area contributed by atoms with Gasteiger partial charge in [0.15, 0.2) is 0 Å². The number of rotatable bonds is 3. The molecule has 0 bridgehead atoms. The first kappa shape index (κ1) is 22.6. The van der Waals surface area contributed by atoms with Gasteiger partial charge in [-0.15, -0.1) is 0 Å². The summed E-state index contributed by atoms with van der Waals surface area (Å²) in [4.78, 5) is 0. The van der Waals surface area contributed by atoms with Crippen LogP contribution in [0.25, 0.3) is 55.0 Å². The van der Waals surface area contributed by atoms with Crippen molar-refractivity contribution in [3.8, 4) is 17.4 Å². The van der Waals surface area contributed by atoms with E-state index in [-0.39, 0.29) is 0 Å². The third-order valence-electron chi connectivity index (χ3n) is 7.72. The fraction of sp³-hybridized carbons (Fsp3) is 0.0882. The number of nitrogens with zero attached hydrogens (tertiary/aromatic N) is 3. The third-order valence-corrected chi connectivity index (χ3v) is 9.74. The maximum atomic E-state index is 10.8. The minimum absolute atomic E-state index is 0.685. The topological polar surface area (TPSA) is 33.6 Å². The summed E-state index contributed by atoms with van der Waals surface area (Å²) in [6.07, 6.45) is 0. The summed E-state index contributed by atoms with van der Waals surface area (Å²) in [7, 11) is -1.76. The molecule has 182 valence electrons. The van der Waals surface area contributed by atoms with Crippen LogP contribution >= 0.6 is 0 Å². The molecule has 0 saturated carbocycles. The van der Waals surface area contributed by atoms with Crippen molar-refractivity contribution >= 4 is 56.9 Å². The molecule has 0 radical (unpaired) electrons. The Morgan fingerprint density at radius 1 is 0.526 bits per heavy atom. The van der Waals surface area contributed by atoms with Gasteiger partial charge in [-0.2, -0.15) is 5.26 Å². The summed E-state index contributed by atoms with van der Waals surface area (Å²) in [5.74, 6) is 0. The second kappa shape index (κ2) is 8.21. The van der Waals surface area contributed by atoms with Gasteiger partial charge < -0.3 is 9.13 Å². The van der Waals surface area contributed by atoms with E-state index in [1.165, 1.54) is 26.7 Å². The molecule has 38 heavy (non-hydrogen) atoms. The zero-order valence-electron chi connectivity index (χ0n) is 21.7. The average Bonchev–Trinajstić information content (AvgIpc) is 3.45. The van der Waals surface area contributed by atoms with E-state index in [4.69, 9.17) is 0 Å². The molecular formula is C34H27N3Si. The lowest BCUT2D eigenvalue weighted by atomic mass is 10.1. The highest BCUT2D eigenvalue weighted by Crippen LogP contribution is 2.37. The van der Waals surface area contributed by atoms with Crippen LogP contribution in [0.4, 0.5) is 0 Å². The van der Waals surface area contributed by atoms with E-state index in [0.717, 1.165) is 33.4 Å². The van der Waals surface area contributed by atoms with Gasteiger partial charge in [-0.05, 0) is 36.4 Å². The van der Waals surface area contributed by atoms with Crippen molar-refractivity contribution in [2.24, 2.45) is 0 Å². The standard InChI is InChI=1S/C34H27N3Si/c1-38(2,3)23-20-33(36-29-16-8-4-12-24(29)25-13-5-9-17-30(25)36)28(22-35)34(21-23)37-31-18-10-6-14-26(31)27-15-7-11-19-32(27)37/h4-21H,1-3H3. The number of para-hydroxylation sites is 4. The van der Waals surface area contributed by atoms with Gasteiger partial charge in [0.1, 0.15) is 11.6 Å². The van der Waals surface area contributed by atoms with E-state index in [1.807, 2.05) is 0 Å². The van der Waals surface area contributed by atoms with Crippen LogP contribution in [-0.2, 0) is 0 Å². The minimum atomic E-state index is -1.76. The fourth-order valence-electron chi connectivity index (χ4n) is 5.88. The predicted octanol–water partition coefficient (Wildman–Crippen LogP) is 8.30. The van der Waals surface area contributed by atoms with E-state index < -0.39 is 8.07 Å². The lowest BCUT2D eigenvalue weighted by molar-refractivity contribution is 1.12. The third kappa shape index (κ3) is 3.19. The van der Waals surface area contributed by atoms with Crippen LogP contribution in [-0.4, -0.2) is 17.2 Å². The van der Waals surface area contributed by atoms with Crippen LogP contribution in [0.1, 0.15) is 5.56 Å². The van der Waals surface area contributed by atoms with Crippen LogP contribution in [0.2, 0.25) is 19.6 Å². The summed E-state index contributed by atoms with van der Waals surface area (Å²) >= 11 is 0. The highest BCUT2D eigenvalue weighted by atomic mass is 28.3. The van der Waals surface area contributed by atoms with Crippen LogP contribution < -0.4 is 5.19 Å². The highest BCUT2D eigenvalue weighted by Gasteiger charge is 2.25. The monoisotopic (exact) mass is 505 g/mol. The van der Waals surface area contributed by atoms with Crippen LogP contribution in [0.5, 0.6) is 0 Å². The van der Waals surface area contributed by atoms with Gasteiger partial charge in [0, 0.05) is 21.5 Å². The zero-order chi connectivity index (χ0) is 26.0. The molecule has 4 heteroatoms. The van der Waals surface area contributed by atoms with Crippen LogP contribution in [0.3, 0.4) is 0 Å². The molecule has 2 heterocycles. The Morgan fingerprint density at radius 2 is 0.842 bits per heavy atom. The molecular weight excluding hydrogens is 478 g/mol. The molecule has 2 aromatic heterocycles. The number of fused-ring (bicyclic) bond motifs is 6. The quantitative estimate of drug-likeness (QED) is 0.222. The molecule has 0 aliphatic rings. The highest BCUT2D eigenvalue weighted by molar-refractivity contribution is 6.88. The van der Waals surface area contributed by atoms with E-state index in [9.17, 15) is 5.26 Å². The predicted molar refractivity (Wildman–Crippen MR) is 163 cm³/mol. The van der Waals surface area contributed by atoms with Crippen LogP contribution in [0.15, 0.2) is 109 Å². The lowest BCUT2D eigenvalue weighted by Crippen LogP contribution is -2.38. The number of hydrogen-bond acceptors (Lipinski definition) is 1. The molecule has 0 saturated heterocycles. The van der Waals surface area contributed by atoms with Crippen molar-refractivity contribution < 1.29 is 0 Å². The molecule has 0 aliphatic heterocycles. The Bertz CT molecular complexity index is 1840. The summed E-state index contributed by atoms with van der Waals surface area (Å²) in [5, 5.41) is 16.9. The summed E-state index contributed by atoms with van der Waals surface area (Å²) in [6, 6.07) is 41.3. The lowest BCUT2D eigenvalue weighted by Gasteiger charge is -2.23. The zero-order valence-corrected chi connectivity index (χ0v) is 22.7. The second-order valence-corrected chi connectivity index (χ2v) is 16.1. The van der Waals surface area contributed by atoms with E-state index in [2.05, 4.69) is 144 Å². The van der Waals surface area contributed by atoms with Crippen LogP contribution in [0, 0.1) is 11.3 Å². The maximum absolute atomic E-state index is 10.8. The Labute approximate surface area is 222 Å². The molecule has 0 aliphatic carbocycles. The smallest absolute Gasteiger partial charge is 0.104 e. The maximum Gasteiger partial charge on any atom is 0.104 e. The Kier molecular flexibility index (Phi) is 4.88. The fourth-order valence-corrected chi connectivity index (χ4v) is 7.02. The summed E-state index contributed by atoms with van der Waals surface area (Å²) in [6.45, 7) is 7.12. The molecule has 0 spiro atoms. The van der Waals surface area contributed by atoms with Crippen molar-refractivity contribution in [3.63, 3.8) is 0 Å². The summed E-state index contributed by atoms with van der Waals surface area (Å²) < 4.78 is 4.59. The molecule has 0 N–H and O–H groups in total. The minimum Gasteiger partial charge on any atom is -0.308 e. The second-order valence-electron chi connectivity index (χ2n) is 11.0. The van der Waals surface area contributed by atoms with Crippen molar-refractivity contribution in [1.29, 1.82) is 5.26 Å². The number of hydrogen-bond donors (Lipinski definition) is 0. The molecule has 0 fully saturated rings. The largest absolute Gasteiger partial charge is 0.308 e. The number of nitriles is 1. The summed E-state index contributed by atoms with van der Waals surface area (Å²) in [5.41, 5.74) is 7.04. The normalized spacial score (nSPS) is 12.1. The first-order valence-corrected chi connectivity index (χ1v) is 16.5. The van der Waals surface area contributed by atoms with Crippen molar-refractivity contribution in [2.75, 3.05) is 0 Å².